The van der Waals surface area contributed by atoms with Crippen LogP contribution in [0.5, 0.6) is 0 Å². The van der Waals surface area contributed by atoms with Crippen molar-refractivity contribution in [3.63, 3.8) is 0 Å². The molecular formula is C22H28N2O3S2. The van der Waals surface area contributed by atoms with Crippen molar-refractivity contribution >= 4 is 27.7 Å². The highest BCUT2D eigenvalue weighted by Crippen LogP contribution is 2.23. The zero-order valence-corrected chi connectivity index (χ0v) is 18.3. The van der Waals surface area contributed by atoms with E-state index in [9.17, 15) is 13.2 Å². The molecule has 1 aliphatic rings. The van der Waals surface area contributed by atoms with Gasteiger partial charge in [-0.1, -0.05) is 42.5 Å². The van der Waals surface area contributed by atoms with Gasteiger partial charge in [-0.2, -0.15) is 0 Å². The highest BCUT2D eigenvalue weighted by atomic mass is 32.2. The van der Waals surface area contributed by atoms with E-state index in [-0.39, 0.29) is 17.6 Å². The molecule has 1 saturated heterocycles. The van der Waals surface area contributed by atoms with Gasteiger partial charge in [-0.05, 0) is 43.0 Å². The first-order valence-electron chi connectivity index (χ1n) is 9.93. The largest absolute Gasteiger partial charge is 0.355 e. The maximum Gasteiger partial charge on any atom is 0.223 e. The van der Waals surface area contributed by atoms with Crippen molar-refractivity contribution in [2.24, 2.45) is 5.92 Å². The average Bonchev–Trinajstić information content (AvgIpc) is 2.73. The van der Waals surface area contributed by atoms with Gasteiger partial charge in [-0.15, -0.1) is 11.8 Å². The second kappa shape index (κ2) is 10.3. The molecule has 0 spiro atoms. The first kappa shape index (κ1) is 21.9. The average molecular weight is 433 g/mol. The van der Waals surface area contributed by atoms with Crippen LogP contribution in [0.1, 0.15) is 24.0 Å². The molecule has 0 unspecified atom stereocenters. The third-order valence-electron chi connectivity index (χ3n) is 5.23. The molecule has 1 fully saturated rings. The highest BCUT2D eigenvalue weighted by Gasteiger charge is 2.31. The lowest BCUT2D eigenvalue weighted by molar-refractivity contribution is -0.125. The van der Waals surface area contributed by atoms with Gasteiger partial charge in [0, 0.05) is 36.2 Å². The number of nitrogens with zero attached hydrogens (tertiary/aromatic N) is 1. The first-order valence-corrected chi connectivity index (χ1v) is 12.5. The van der Waals surface area contributed by atoms with Crippen LogP contribution in [-0.2, 0) is 20.6 Å². The Kier molecular flexibility index (Phi) is 7.75. The Morgan fingerprint density at radius 1 is 1.07 bits per heavy atom. The zero-order chi connectivity index (χ0) is 20.7. The molecule has 7 heteroatoms. The summed E-state index contributed by atoms with van der Waals surface area (Å²) >= 11 is 1.71. The number of benzene rings is 2. The van der Waals surface area contributed by atoms with Crippen LogP contribution in [0.25, 0.3) is 0 Å². The predicted molar refractivity (Wildman–Crippen MR) is 118 cm³/mol. The van der Waals surface area contributed by atoms with Gasteiger partial charge in [0.25, 0.3) is 0 Å². The van der Waals surface area contributed by atoms with E-state index in [1.165, 1.54) is 9.20 Å². The Labute approximate surface area is 177 Å². The van der Waals surface area contributed by atoms with Gasteiger partial charge < -0.3 is 5.32 Å². The molecule has 0 aliphatic carbocycles. The van der Waals surface area contributed by atoms with Crippen LogP contribution < -0.4 is 5.32 Å². The fraction of sp³-hybridized carbons (Fsp3) is 0.409. The third-order valence-corrected chi connectivity index (χ3v) is 8.07. The molecule has 156 valence electrons. The van der Waals surface area contributed by atoms with Crippen LogP contribution in [0.3, 0.4) is 0 Å². The van der Waals surface area contributed by atoms with Crippen molar-refractivity contribution in [3.05, 3.63) is 65.7 Å². The molecule has 2 aromatic carbocycles. The van der Waals surface area contributed by atoms with Crippen LogP contribution in [0.15, 0.2) is 59.5 Å². The molecule has 2 aromatic rings. The Balaban J connectivity index is 1.42. The van der Waals surface area contributed by atoms with Crippen molar-refractivity contribution in [2.75, 3.05) is 25.4 Å². The van der Waals surface area contributed by atoms with Gasteiger partial charge in [-0.3, -0.25) is 4.79 Å². The summed E-state index contributed by atoms with van der Waals surface area (Å²) in [4.78, 5) is 13.6. The maximum atomic E-state index is 12.8. The molecular weight excluding hydrogens is 404 g/mol. The maximum absolute atomic E-state index is 12.8. The molecule has 29 heavy (non-hydrogen) atoms. The first-order chi connectivity index (χ1) is 14.0. The number of rotatable bonds is 8. The van der Waals surface area contributed by atoms with Crippen molar-refractivity contribution in [1.29, 1.82) is 0 Å². The molecule has 1 amide bonds. The number of thioether (sulfide) groups is 1. The fourth-order valence-corrected chi connectivity index (χ4v) is 5.92. The van der Waals surface area contributed by atoms with E-state index in [0.29, 0.717) is 32.5 Å². The van der Waals surface area contributed by atoms with Crippen molar-refractivity contribution in [2.45, 2.75) is 30.4 Å². The van der Waals surface area contributed by atoms with Crippen molar-refractivity contribution in [3.8, 4) is 0 Å². The van der Waals surface area contributed by atoms with Gasteiger partial charge in [0.05, 0.1) is 5.75 Å². The minimum Gasteiger partial charge on any atom is -0.355 e. The van der Waals surface area contributed by atoms with E-state index < -0.39 is 10.0 Å². The van der Waals surface area contributed by atoms with E-state index in [0.717, 1.165) is 16.9 Å². The number of piperidine rings is 1. The number of amides is 1. The van der Waals surface area contributed by atoms with Gasteiger partial charge in [-0.25, -0.2) is 12.7 Å². The summed E-state index contributed by atoms with van der Waals surface area (Å²) in [5.41, 5.74) is 1.82. The standard InChI is InChI=1S/C22H28N2O3S2/c1-18-7-5-6-8-20(18)17-29(26,27)24-14-11-19(12-15-24)22(25)23-13-16-28-21-9-3-2-4-10-21/h2-10,19H,11-17H2,1H3,(H,23,25). The van der Waals surface area contributed by atoms with Crippen molar-refractivity contribution < 1.29 is 13.2 Å². The molecule has 1 aliphatic heterocycles. The highest BCUT2D eigenvalue weighted by molar-refractivity contribution is 7.99. The molecule has 1 heterocycles. The second-order valence-corrected chi connectivity index (χ2v) is 10.4. The Morgan fingerprint density at radius 3 is 2.41 bits per heavy atom. The van der Waals surface area contributed by atoms with E-state index in [4.69, 9.17) is 0 Å². The molecule has 3 rings (SSSR count). The summed E-state index contributed by atoms with van der Waals surface area (Å²) in [5.74, 6) is 0.767. The van der Waals surface area contributed by atoms with Gasteiger partial charge in [0.15, 0.2) is 0 Å². The van der Waals surface area contributed by atoms with E-state index >= 15 is 0 Å². The Bertz CT molecular complexity index is 909. The summed E-state index contributed by atoms with van der Waals surface area (Å²) < 4.78 is 27.0. The van der Waals surface area contributed by atoms with Crippen LogP contribution in [0.2, 0.25) is 0 Å². The molecule has 0 aromatic heterocycles. The summed E-state index contributed by atoms with van der Waals surface area (Å²) in [5, 5.41) is 3.00. The number of carbonyl (C=O) groups excluding carboxylic acids is 1. The summed E-state index contributed by atoms with van der Waals surface area (Å²) in [6.07, 6.45) is 1.15. The minimum absolute atomic E-state index is 0.0211. The third kappa shape index (κ3) is 6.32. The van der Waals surface area contributed by atoms with E-state index in [2.05, 4.69) is 17.4 Å². The van der Waals surface area contributed by atoms with Gasteiger partial charge in [0.2, 0.25) is 15.9 Å². The molecule has 0 saturated carbocycles. The molecule has 0 bridgehead atoms. The Hall–Kier alpha value is -1.83. The van der Waals surface area contributed by atoms with Gasteiger partial charge in [0.1, 0.15) is 0 Å². The summed E-state index contributed by atoms with van der Waals surface area (Å²) in [7, 11) is -3.36. The predicted octanol–water partition coefficient (Wildman–Crippen LogP) is 3.45. The van der Waals surface area contributed by atoms with Gasteiger partial charge >= 0.3 is 0 Å². The molecule has 1 N–H and O–H groups in total. The monoisotopic (exact) mass is 432 g/mol. The second-order valence-electron chi connectivity index (χ2n) is 7.31. The normalized spacial score (nSPS) is 15.9. The number of hydrogen-bond acceptors (Lipinski definition) is 4. The van der Waals surface area contributed by atoms with E-state index in [1.54, 1.807) is 11.8 Å². The van der Waals surface area contributed by atoms with Crippen LogP contribution in [0.4, 0.5) is 0 Å². The number of nitrogens with one attached hydrogen (secondary N) is 1. The molecule has 5 nitrogen and oxygen atoms in total. The lowest BCUT2D eigenvalue weighted by Gasteiger charge is -2.30. The number of carbonyl (C=O) groups is 1. The summed E-state index contributed by atoms with van der Waals surface area (Å²) in [6.45, 7) is 3.36. The SMILES string of the molecule is Cc1ccccc1CS(=O)(=O)N1CCC(C(=O)NCCSc2ccccc2)CC1. The lowest BCUT2D eigenvalue weighted by atomic mass is 9.97. The topological polar surface area (TPSA) is 66.5 Å². The van der Waals surface area contributed by atoms with Crippen LogP contribution in [0, 0.1) is 12.8 Å². The smallest absolute Gasteiger partial charge is 0.223 e. The van der Waals surface area contributed by atoms with E-state index in [1.807, 2.05) is 49.4 Å². The van der Waals surface area contributed by atoms with Crippen LogP contribution >= 0.6 is 11.8 Å². The number of sulfonamides is 1. The summed E-state index contributed by atoms with van der Waals surface area (Å²) in [6, 6.07) is 17.7. The van der Waals surface area contributed by atoms with Crippen molar-refractivity contribution in [1.82, 2.24) is 9.62 Å². The zero-order valence-electron chi connectivity index (χ0n) is 16.7. The fourth-order valence-electron chi connectivity index (χ4n) is 3.46. The quantitative estimate of drug-likeness (QED) is 0.513. The van der Waals surface area contributed by atoms with Crippen LogP contribution in [-0.4, -0.2) is 44.0 Å². The molecule has 0 radical (unpaired) electrons. The lowest BCUT2D eigenvalue weighted by Crippen LogP contribution is -2.43. The molecule has 0 atom stereocenters. The minimum atomic E-state index is -3.36. The number of hydrogen-bond donors (Lipinski definition) is 1. The number of aryl methyl sites for hydroxylation is 1. The Morgan fingerprint density at radius 2 is 1.72 bits per heavy atom.